The number of rotatable bonds is 4. The smallest absolute Gasteiger partial charge is 0.327 e. The van der Waals surface area contributed by atoms with Gasteiger partial charge < -0.3 is 14.8 Å². The Kier molecular flexibility index (Phi) is 5.24. The van der Waals surface area contributed by atoms with Crippen LogP contribution in [0.5, 0.6) is 0 Å². The van der Waals surface area contributed by atoms with E-state index in [9.17, 15) is 4.79 Å². The van der Waals surface area contributed by atoms with Crippen LogP contribution in [0.2, 0.25) is 0 Å². The van der Waals surface area contributed by atoms with Crippen LogP contribution in [0.25, 0.3) is 22.1 Å². The summed E-state index contributed by atoms with van der Waals surface area (Å²) in [5.41, 5.74) is 5.44. The first-order valence-electron chi connectivity index (χ1n) is 11.6. The number of aromatic amines is 1. The molecule has 7 nitrogen and oxygen atoms in total. The molecule has 1 aliphatic rings. The fourth-order valence-electron chi connectivity index (χ4n) is 5.02. The molecule has 0 amide bonds. The predicted molar refractivity (Wildman–Crippen MR) is 134 cm³/mol. The van der Waals surface area contributed by atoms with Gasteiger partial charge in [0.05, 0.1) is 11.0 Å². The van der Waals surface area contributed by atoms with Crippen LogP contribution >= 0.6 is 0 Å². The number of fused-ring (bicyclic) bond motifs is 3. The van der Waals surface area contributed by atoms with Gasteiger partial charge in [0, 0.05) is 42.7 Å². The summed E-state index contributed by atoms with van der Waals surface area (Å²) >= 11 is 0. The summed E-state index contributed by atoms with van der Waals surface area (Å²) in [5.74, 6) is 0. The van der Waals surface area contributed by atoms with E-state index < -0.39 is 0 Å². The number of H-pyrrole nitrogens is 1. The molecule has 5 rings (SSSR count). The first kappa shape index (κ1) is 21.6. The summed E-state index contributed by atoms with van der Waals surface area (Å²) in [4.78, 5) is 19.9. The average molecular weight is 445 g/mol. The van der Waals surface area contributed by atoms with Crippen molar-refractivity contribution in [2.24, 2.45) is 7.05 Å². The van der Waals surface area contributed by atoms with Gasteiger partial charge in [-0.2, -0.15) is 0 Å². The lowest BCUT2D eigenvalue weighted by atomic mass is 9.77. The Hall–Kier alpha value is -3.19. The van der Waals surface area contributed by atoms with Crippen molar-refractivity contribution >= 4 is 27.8 Å². The lowest BCUT2D eigenvalue weighted by Crippen LogP contribution is -2.42. The number of anilines is 1. The number of nitrogens with one attached hydrogen (secondary N) is 1. The summed E-state index contributed by atoms with van der Waals surface area (Å²) in [6.07, 6.45) is 2.41. The maximum atomic E-state index is 12.1. The SMILES string of the molecule is CN(C)C1CCN(c2ccc(C(C)(C)c3ccc4nnc5c([nH]c(=O)n5C)c4c3)cc2)CC1. The van der Waals surface area contributed by atoms with Crippen molar-refractivity contribution in [3.8, 4) is 0 Å². The molecule has 172 valence electrons. The van der Waals surface area contributed by atoms with Gasteiger partial charge in [-0.05, 0) is 62.3 Å². The Morgan fingerprint density at radius 1 is 1.00 bits per heavy atom. The molecule has 33 heavy (non-hydrogen) atoms. The van der Waals surface area contributed by atoms with E-state index in [1.807, 2.05) is 6.07 Å². The molecule has 2 aromatic carbocycles. The molecule has 1 saturated heterocycles. The molecule has 0 bridgehead atoms. The Balaban J connectivity index is 1.45. The molecular formula is C26H32N6O. The normalized spacial score (nSPS) is 15.8. The minimum Gasteiger partial charge on any atom is -0.371 e. The predicted octanol–water partition coefficient (Wildman–Crippen LogP) is 3.67. The lowest BCUT2D eigenvalue weighted by Gasteiger charge is -2.36. The number of benzene rings is 2. The highest BCUT2D eigenvalue weighted by Gasteiger charge is 2.25. The van der Waals surface area contributed by atoms with Crippen molar-refractivity contribution in [1.29, 1.82) is 0 Å². The molecule has 0 aliphatic carbocycles. The lowest BCUT2D eigenvalue weighted by molar-refractivity contribution is 0.249. The van der Waals surface area contributed by atoms with Gasteiger partial charge in [-0.25, -0.2) is 4.79 Å². The van der Waals surface area contributed by atoms with E-state index in [0.29, 0.717) is 11.7 Å². The van der Waals surface area contributed by atoms with Crippen LogP contribution < -0.4 is 10.6 Å². The Morgan fingerprint density at radius 2 is 1.67 bits per heavy atom. The zero-order valence-corrected chi connectivity index (χ0v) is 20.1. The first-order valence-corrected chi connectivity index (χ1v) is 11.6. The Morgan fingerprint density at radius 3 is 2.33 bits per heavy atom. The van der Waals surface area contributed by atoms with Crippen LogP contribution in [0.3, 0.4) is 0 Å². The van der Waals surface area contributed by atoms with Gasteiger partial charge in [-0.3, -0.25) is 4.57 Å². The summed E-state index contributed by atoms with van der Waals surface area (Å²) in [5, 5.41) is 9.46. The molecule has 0 spiro atoms. The van der Waals surface area contributed by atoms with Gasteiger partial charge in [-0.15, -0.1) is 10.2 Å². The molecule has 4 aromatic rings. The van der Waals surface area contributed by atoms with Gasteiger partial charge >= 0.3 is 5.69 Å². The van der Waals surface area contributed by atoms with Crippen molar-refractivity contribution in [2.45, 2.75) is 38.1 Å². The van der Waals surface area contributed by atoms with Crippen molar-refractivity contribution in [3.63, 3.8) is 0 Å². The van der Waals surface area contributed by atoms with E-state index in [0.717, 1.165) is 29.5 Å². The van der Waals surface area contributed by atoms with Gasteiger partial charge in [0.25, 0.3) is 0 Å². The molecule has 0 unspecified atom stereocenters. The Bertz CT molecular complexity index is 1360. The minimum atomic E-state index is -0.199. The summed E-state index contributed by atoms with van der Waals surface area (Å²) in [6.45, 7) is 6.68. The third kappa shape index (κ3) is 3.70. The van der Waals surface area contributed by atoms with Crippen LogP contribution in [-0.2, 0) is 12.5 Å². The van der Waals surface area contributed by atoms with Gasteiger partial charge in [0.2, 0.25) is 0 Å². The van der Waals surface area contributed by atoms with Crippen LogP contribution in [0.4, 0.5) is 5.69 Å². The number of imidazole rings is 1. The second-order valence-electron chi connectivity index (χ2n) is 9.97. The highest BCUT2D eigenvalue weighted by Crippen LogP contribution is 2.35. The number of aryl methyl sites for hydroxylation is 1. The highest BCUT2D eigenvalue weighted by molar-refractivity contribution is 6.00. The fourth-order valence-corrected chi connectivity index (χ4v) is 5.02. The topological polar surface area (TPSA) is 70.1 Å². The van der Waals surface area contributed by atoms with Crippen molar-refractivity contribution in [1.82, 2.24) is 24.6 Å². The third-order valence-electron chi connectivity index (χ3n) is 7.47. The van der Waals surface area contributed by atoms with Crippen molar-refractivity contribution < 1.29 is 0 Å². The monoisotopic (exact) mass is 444 g/mol. The van der Waals surface area contributed by atoms with Crippen LogP contribution in [0.1, 0.15) is 37.8 Å². The third-order valence-corrected chi connectivity index (χ3v) is 7.47. The molecule has 0 radical (unpaired) electrons. The molecule has 3 heterocycles. The van der Waals surface area contributed by atoms with Gasteiger partial charge in [0.15, 0.2) is 5.65 Å². The number of aromatic nitrogens is 4. The second kappa shape index (κ2) is 7.99. The first-order chi connectivity index (χ1) is 15.8. The van der Waals surface area contributed by atoms with E-state index in [2.05, 4.69) is 89.3 Å². The minimum absolute atomic E-state index is 0.179. The van der Waals surface area contributed by atoms with Crippen molar-refractivity contribution in [2.75, 3.05) is 32.1 Å². The van der Waals surface area contributed by atoms with Crippen molar-refractivity contribution in [3.05, 3.63) is 64.1 Å². The number of hydrogen-bond donors (Lipinski definition) is 1. The maximum absolute atomic E-state index is 12.1. The maximum Gasteiger partial charge on any atom is 0.327 e. The standard InChI is InChI=1S/C26H32N6O/c1-26(2,17-6-9-20(10-7-17)32-14-12-19(13-15-32)30(3)4)18-8-11-22-21(16-18)23-24(29-28-22)31(5)25(33)27-23/h6-11,16,19H,12-15H2,1-5H3,(H,27,33). The molecule has 0 atom stereocenters. The second-order valence-corrected chi connectivity index (χ2v) is 9.97. The van der Waals surface area contributed by atoms with E-state index >= 15 is 0 Å². The van der Waals surface area contributed by atoms with E-state index in [4.69, 9.17) is 0 Å². The van der Waals surface area contributed by atoms with E-state index in [1.165, 1.54) is 34.2 Å². The van der Waals surface area contributed by atoms with Crippen LogP contribution in [-0.4, -0.2) is 57.9 Å². The number of piperidine rings is 1. The largest absolute Gasteiger partial charge is 0.371 e. The fraction of sp³-hybridized carbons (Fsp3) is 0.423. The number of nitrogens with zero attached hydrogens (tertiary/aromatic N) is 5. The highest BCUT2D eigenvalue weighted by atomic mass is 16.1. The van der Waals surface area contributed by atoms with Crippen LogP contribution in [0, 0.1) is 0 Å². The van der Waals surface area contributed by atoms with Crippen LogP contribution in [0.15, 0.2) is 47.3 Å². The average Bonchev–Trinajstić information content (AvgIpc) is 3.12. The molecule has 7 heteroatoms. The zero-order valence-electron chi connectivity index (χ0n) is 20.1. The quantitative estimate of drug-likeness (QED) is 0.520. The molecular weight excluding hydrogens is 412 g/mol. The number of hydrogen-bond acceptors (Lipinski definition) is 5. The van der Waals surface area contributed by atoms with Gasteiger partial charge in [-0.1, -0.05) is 32.0 Å². The van der Waals surface area contributed by atoms with Gasteiger partial charge in [0.1, 0.15) is 0 Å². The van der Waals surface area contributed by atoms with E-state index in [-0.39, 0.29) is 11.1 Å². The molecule has 1 aliphatic heterocycles. The summed E-state index contributed by atoms with van der Waals surface area (Å²) in [7, 11) is 6.06. The molecule has 0 saturated carbocycles. The molecule has 1 N–H and O–H groups in total. The Labute approximate surface area is 194 Å². The zero-order chi connectivity index (χ0) is 23.3. The molecule has 2 aromatic heterocycles. The van der Waals surface area contributed by atoms with E-state index in [1.54, 1.807) is 7.05 Å². The summed E-state index contributed by atoms with van der Waals surface area (Å²) < 4.78 is 1.50. The molecule has 1 fully saturated rings. The summed E-state index contributed by atoms with van der Waals surface area (Å²) in [6, 6.07) is 16.0.